The number of carbonyl (C=O) groups excluding carboxylic acids is 1. The highest BCUT2D eigenvalue weighted by atomic mass is 16.2. The second-order valence-corrected chi connectivity index (χ2v) is 7.76. The molecule has 0 saturated carbocycles. The summed E-state index contributed by atoms with van der Waals surface area (Å²) in [5.41, 5.74) is 3.18. The Bertz CT molecular complexity index is 1020. The first-order valence-corrected chi connectivity index (χ1v) is 9.12. The fourth-order valence-electron chi connectivity index (χ4n) is 3.43. The third-order valence-corrected chi connectivity index (χ3v) is 5.12. The van der Waals surface area contributed by atoms with Crippen LogP contribution in [-0.4, -0.2) is 25.7 Å². The second-order valence-electron chi connectivity index (χ2n) is 7.76. The SMILES string of the molecule is Cc1ncc(-c2ccc3c(c2)N(c2ccn(C(C)C)n2)C(=O)C3(C)C)cn1. The largest absolute Gasteiger partial charge is 0.273 e. The summed E-state index contributed by atoms with van der Waals surface area (Å²) in [5.74, 6) is 1.42. The molecule has 3 aromatic rings. The molecular weight excluding hydrogens is 338 g/mol. The van der Waals surface area contributed by atoms with Gasteiger partial charge in [0.05, 0.1) is 11.1 Å². The van der Waals surface area contributed by atoms with Gasteiger partial charge in [0.1, 0.15) is 5.82 Å². The van der Waals surface area contributed by atoms with Gasteiger partial charge < -0.3 is 0 Å². The summed E-state index contributed by atoms with van der Waals surface area (Å²) in [4.78, 5) is 23.5. The van der Waals surface area contributed by atoms with Crippen molar-refractivity contribution in [2.24, 2.45) is 0 Å². The molecule has 1 aliphatic heterocycles. The average molecular weight is 361 g/mol. The predicted molar refractivity (Wildman–Crippen MR) is 105 cm³/mol. The van der Waals surface area contributed by atoms with E-state index < -0.39 is 5.41 Å². The van der Waals surface area contributed by atoms with Crippen LogP contribution >= 0.6 is 0 Å². The zero-order valence-electron chi connectivity index (χ0n) is 16.3. The molecule has 0 unspecified atom stereocenters. The van der Waals surface area contributed by atoms with Crippen molar-refractivity contribution in [1.82, 2.24) is 19.7 Å². The third kappa shape index (κ3) is 2.72. The fourth-order valence-corrected chi connectivity index (χ4v) is 3.43. The lowest BCUT2D eigenvalue weighted by molar-refractivity contribution is -0.121. The standard InChI is InChI=1S/C21H23N5O/c1-13(2)25-9-8-19(24-25)26-18-10-15(16-11-22-14(3)23-12-16)6-7-17(18)21(4,5)20(26)27/h6-13H,1-5H3. The molecule has 3 heterocycles. The predicted octanol–water partition coefficient (Wildman–Crippen LogP) is 4.19. The van der Waals surface area contributed by atoms with Gasteiger partial charge in [-0.15, -0.1) is 0 Å². The molecule has 6 nitrogen and oxygen atoms in total. The molecule has 0 bridgehead atoms. The highest BCUT2D eigenvalue weighted by Gasteiger charge is 2.45. The van der Waals surface area contributed by atoms with Crippen molar-refractivity contribution in [3.05, 3.63) is 54.2 Å². The summed E-state index contributed by atoms with van der Waals surface area (Å²) < 4.78 is 1.87. The smallest absolute Gasteiger partial charge is 0.242 e. The van der Waals surface area contributed by atoms with Crippen LogP contribution in [0, 0.1) is 6.92 Å². The zero-order valence-corrected chi connectivity index (χ0v) is 16.3. The molecular formula is C21H23N5O. The van der Waals surface area contributed by atoms with E-state index in [-0.39, 0.29) is 11.9 Å². The Morgan fingerprint density at radius 2 is 1.74 bits per heavy atom. The molecule has 27 heavy (non-hydrogen) atoms. The average Bonchev–Trinajstić information content (AvgIpc) is 3.18. The lowest BCUT2D eigenvalue weighted by Gasteiger charge is -2.18. The van der Waals surface area contributed by atoms with Gasteiger partial charge in [-0.05, 0) is 51.8 Å². The number of fused-ring (bicyclic) bond motifs is 1. The minimum absolute atomic E-state index is 0.0313. The van der Waals surface area contributed by atoms with E-state index in [1.165, 1.54) is 0 Å². The molecule has 0 radical (unpaired) electrons. The molecule has 1 aromatic carbocycles. The Morgan fingerprint density at radius 3 is 2.37 bits per heavy atom. The molecule has 0 aliphatic carbocycles. The topological polar surface area (TPSA) is 63.9 Å². The van der Waals surface area contributed by atoms with Crippen LogP contribution in [0.25, 0.3) is 11.1 Å². The first kappa shape index (κ1) is 17.4. The molecule has 4 rings (SSSR count). The summed E-state index contributed by atoms with van der Waals surface area (Å²) in [6.45, 7) is 9.91. The van der Waals surface area contributed by atoms with E-state index in [4.69, 9.17) is 0 Å². The molecule has 1 aliphatic rings. The van der Waals surface area contributed by atoms with Gasteiger partial charge in [-0.25, -0.2) is 9.97 Å². The maximum atomic E-state index is 13.2. The molecule has 0 spiro atoms. The van der Waals surface area contributed by atoms with Crippen molar-refractivity contribution in [2.45, 2.75) is 46.1 Å². The van der Waals surface area contributed by atoms with Gasteiger partial charge in [-0.2, -0.15) is 5.10 Å². The number of carbonyl (C=O) groups is 1. The maximum Gasteiger partial charge on any atom is 0.242 e. The van der Waals surface area contributed by atoms with Gasteiger partial charge in [0.25, 0.3) is 0 Å². The van der Waals surface area contributed by atoms with E-state index in [9.17, 15) is 4.79 Å². The zero-order chi connectivity index (χ0) is 19.3. The fraction of sp³-hybridized carbons (Fsp3) is 0.333. The van der Waals surface area contributed by atoms with Gasteiger partial charge in [0, 0.05) is 36.3 Å². The van der Waals surface area contributed by atoms with Crippen molar-refractivity contribution in [3.63, 3.8) is 0 Å². The lowest BCUT2D eigenvalue weighted by Crippen LogP contribution is -2.33. The number of hydrogen-bond donors (Lipinski definition) is 0. The lowest BCUT2D eigenvalue weighted by atomic mass is 9.85. The number of benzene rings is 1. The second kappa shape index (κ2) is 6.01. The van der Waals surface area contributed by atoms with Gasteiger partial charge in [0.15, 0.2) is 5.82 Å². The summed E-state index contributed by atoms with van der Waals surface area (Å²) in [5, 5.41) is 4.62. The maximum absolute atomic E-state index is 13.2. The molecule has 1 amide bonds. The molecule has 6 heteroatoms. The summed E-state index contributed by atoms with van der Waals surface area (Å²) >= 11 is 0. The van der Waals surface area contributed by atoms with Crippen LogP contribution in [0.3, 0.4) is 0 Å². The van der Waals surface area contributed by atoms with Gasteiger partial charge >= 0.3 is 0 Å². The Kier molecular flexibility index (Phi) is 3.87. The number of hydrogen-bond acceptors (Lipinski definition) is 4. The normalized spacial score (nSPS) is 15.5. The molecule has 0 saturated heterocycles. The number of amides is 1. The van der Waals surface area contributed by atoms with E-state index in [0.29, 0.717) is 5.82 Å². The Balaban J connectivity index is 1.84. The number of rotatable bonds is 3. The molecule has 138 valence electrons. The number of aromatic nitrogens is 4. The number of aryl methyl sites for hydroxylation is 1. The van der Waals surface area contributed by atoms with E-state index in [1.54, 1.807) is 4.90 Å². The Hall–Kier alpha value is -3.02. The highest BCUT2D eigenvalue weighted by molar-refractivity contribution is 6.12. The number of nitrogens with zero attached hydrogens (tertiary/aromatic N) is 5. The van der Waals surface area contributed by atoms with E-state index in [1.807, 2.05) is 68.3 Å². The van der Waals surface area contributed by atoms with Crippen LogP contribution in [0.2, 0.25) is 0 Å². The van der Waals surface area contributed by atoms with Crippen molar-refractivity contribution < 1.29 is 4.79 Å². The van der Waals surface area contributed by atoms with Crippen LogP contribution in [-0.2, 0) is 10.2 Å². The monoisotopic (exact) mass is 361 g/mol. The Labute approximate surface area is 158 Å². The quantitative estimate of drug-likeness (QED) is 0.702. The van der Waals surface area contributed by atoms with Crippen molar-refractivity contribution in [2.75, 3.05) is 4.90 Å². The van der Waals surface area contributed by atoms with Gasteiger partial charge in [-0.1, -0.05) is 12.1 Å². The van der Waals surface area contributed by atoms with E-state index in [0.717, 1.165) is 28.2 Å². The van der Waals surface area contributed by atoms with Crippen LogP contribution in [0.4, 0.5) is 11.5 Å². The summed E-state index contributed by atoms with van der Waals surface area (Å²) in [7, 11) is 0. The van der Waals surface area contributed by atoms with Crippen LogP contribution in [0.15, 0.2) is 42.9 Å². The highest BCUT2D eigenvalue weighted by Crippen LogP contribution is 2.46. The summed E-state index contributed by atoms with van der Waals surface area (Å²) in [6.07, 6.45) is 5.53. The molecule has 0 fully saturated rings. The van der Waals surface area contributed by atoms with Crippen LogP contribution in [0.1, 0.15) is 45.1 Å². The van der Waals surface area contributed by atoms with Crippen LogP contribution in [0.5, 0.6) is 0 Å². The van der Waals surface area contributed by atoms with Gasteiger partial charge in [-0.3, -0.25) is 14.4 Å². The minimum atomic E-state index is -0.598. The molecule has 2 aromatic heterocycles. The molecule has 0 N–H and O–H groups in total. The first-order valence-electron chi connectivity index (χ1n) is 9.12. The van der Waals surface area contributed by atoms with E-state index in [2.05, 4.69) is 28.9 Å². The van der Waals surface area contributed by atoms with E-state index >= 15 is 0 Å². The summed E-state index contributed by atoms with van der Waals surface area (Å²) in [6, 6.07) is 8.22. The Morgan fingerprint density at radius 1 is 1.04 bits per heavy atom. The van der Waals surface area contributed by atoms with Crippen LogP contribution < -0.4 is 4.90 Å². The van der Waals surface area contributed by atoms with Crippen molar-refractivity contribution in [1.29, 1.82) is 0 Å². The van der Waals surface area contributed by atoms with Crippen molar-refractivity contribution in [3.8, 4) is 11.1 Å². The third-order valence-electron chi connectivity index (χ3n) is 5.12. The minimum Gasteiger partial charge on any atom is -0.273 e. The molecule has 0 atom stereocenters. The first-order chi connectivity index (χ1) is 12.8. The van der Waals surface area contributed by atoms with Gasteiger partial charge in [0.2, 0.25) is 5.91 Å². The van der Waals surface area contributed by atoms with Crippen molar-refractivity contribution >= 4 is 17.4 Å². The number of anilines is 2.